The predicted molar refractivity (Wildman–Crippen MR) is 61.6 cm³/mol. The van der Waals surface area contributed by atoms with Crippen LogP contribution in [0.3, 0.4) is 0 Å². The van der Waals surface area contributed by atoms with Crippen molar-refractivity contribution < 1.29 is 0 Å². The molecule has 3 N–H and O–H groups in total. The Balaban J connectivity index is 0.000000153. The Hall–Kier alpha value is -2.70. The van der Waals surface area contributed by atoms with Gasteiger partial charge in [0.05, 0.1) is 6.33 Å². The predicted octanol–water partition coefficient (Wildman–Crippen LogP) is 0.0211. The third kappa shape index (κ3) is 2.65. The van der Waals surface area contributed by atoms with E-state index in [9.17, 15) is 9.59 Å². The molecule has 0 saturated heterocycles. The highest BCUT2D eigenvalue weighted by atomic mass is 16.2. The summed E-state index contributed by atoms with van der Waals surface area (Å²) in [4.78, 5) is 36.1. The van der Waals surface area contributed by atoms with Crippen LogP contribution in [0, 0.1) is 0 Å². The van der Waals surface area contributed by atoms with E-state index in [-0.39, 0.29) is 11.2 Å². The second-order valence-electron chi connectivity index (χ2n) is 3.06. The van der Waals surface area contributed by atoms with E-state index in [0.717, 1.165) is 0 Å². The standard InChI is InChI=1S/C5H4N4O2.C5H5N/c10-4-2-3(7-1-6-2)8-5(11)9-4;1-2-4-6-5-3-1/h1H,(H3,6,7,8,9,10,11);1-5H. The minimum atomic E-state index is -0.547. The molecule has 3 aromatic rings. The molecule has 0 bridgehead atoms. The minimum absolute atomic E-state index is 0.277. The van der Waals surface area contributed by atoms with E-state index in [0.29, 0.717) is 0 Å². The average Bonchev–Trinajstić information content (AvgIpc) is 2.80. The summed E-state index contributed by atoms with van der Waals surface area (Å²) < 4.78 is 0. The minimum Gasteiger partial charge on any atom is -0.339 e. The molecule has 0 amide bonds. The largest absolute Gasteiger partial charge is 0.339 e. The number of rotatable bonds is 0. The van der Waals surface area contributed by atoms with Gasteiger partial charge in [-0.3, -0.25) is 19.7 Å². The van der Waals surface area contributed by atoms with Crippen LogP contribution in [0.4, 0.5) is 0 Å². The van der Waals surface area contributed by atoms with Crippen LogP contribution in [-0.2, 0) is 0 Å². The summed E-state index contributed by atoms with van der Waals surface area (Å²) in [5.41, 5.74) is -0.445. The van der Waals surface area contributed by atoms with Crippen molar-refractivity contribution in [2.45, 2.75) is 0 Å². The lowest BCUT2D eigenvalue weighted by Crippen LogP contribution is -2.21. The van der Waals surface area contributed by atoms with Crippen LogP contribution in [0.1, 0.15) is 0 Å². The highest BCUT2D eigenvalue weighted by Crippen LogP contribution is 1.92. The van der Waals surface area contributed by atoms with Crippen molar-refractivity contribution in [1.82, 2.24) is 24.9 Å². The van der Waals surface area contributed by atoms with Crippen molar-refractivity contribution in [3.8, 4) is 0 Å². The number of fused-ring (bicyclic) bond motifs is 1. The fourth-order valence-corrected chi connectivity index (χ4v) is 1.18. The van der Waals surface area contributed by atoms with E-state index in [2.05, 4.69) is 24.9 Å². The molecule has 0 spiro atoms. The summed E-state index contributed by atoms with van der Waals surface area (Å²) in [6.07, 6.45) is 4.84. The van der Waals surface area contributed by atoms with Gasteiger partial charge in [0.2, 0.25) is 0 Å². The van der Waals surface area contributed by atoms with Gasteiger partial charge in [-0.25, -0.2) is 9.78 Å². The molecule has 0 radical (unpaired) electrons. The Morgan fingerprint density at radius 1 is 1.00 bits per heavy atom. The molecular weight excluding hydrogens is 222 g/mol. The summed E-state index contributed by atoms with van der Waals surface area (Å²) >= 11 is 0. The first-order valence-electron chi connectivity index (χ1n) is 4.78. The molecule has 3 aromatic heterocycles. The van der Waals surface area contributed by atoms with E-state index >= 15 is 0 Å². The number of H-pyrrole nitrogens is 3. The second-order valence-corrected chi connectivity index (χ2v) is 3.06. The first kappa shape index (κ1) is 10.8. The van der Waals surface area contributed by atoms with E-state index < -0.39 is 11.2 Å². The van der Waals surface area contributed by atoms with E-state index in [4.69, 9.17) is 0 Å². The number of nitrogens with zero attached hydrogens (tertiary/aromatic N) is 2. The summed E-state index contributed by atoms with van der Waals surface area (Å²) in [5.74, 6) is 0. The molecule has 0 unspecified atom stereocenters. The zero-order valence-corrected chi connectivity index (χ0v) is 8.68. The van der Waals surface area contributed by atoms with E-state index in [1.54, 1.807) is 12.4 Å². The molecule has 0 aliphatic rings. The topological polar surface area (TPSA) is 107 Å². The molecular formula is C10H9N5O2. The molecule has 0 fully saturated rings. The van der Waals surface area contributed by atoms with Gasteiger partial charge in [-0.05, 0) is 12.1 Å². The highest BCUT2D eigenvalue weighted by Gasteiger charge is 1.99. The van der Waals surface area contributed by atoms with Crippen molar-refractivity contribution >= 4 is 11.2 Å². The maximum absolute atomic E-state index is 10.9. The first-order chi connectivity index (χ1) is 8.27. The summed E-state index contributed by atoms with van der Waals surface area (Å²) in [6, 6.07) is 5.72. The number of hydrogen-bond acceptors (Lipinski definition) is 4. The molecule has 0 aliphatic heterocycles. The van der Waals surface area contributed by atoms with Crippen LogP contribution in [-0.4, -0.2) is 24.9 Å². The number of pyridine rings is 1. The van der Waals surface area contributed by atoms with Gasteiger partial charge in [0, 0.05) is 12.4 Å². The lowest BCUT2D eigenvalue weighted by Gasteiger charge is -1.83. The fourth-order valence-electron chi connectivity index (χ4n) is 1.18. The molecule has 0 aliphatic carbocycles. The molecule has 86 valence electrons. The van der Waals surface area contributed by atoms with E-state index in [1.165, 1.54) is 6.33 Å². The van der Waals surface area contributed by atoms with Crippen LogP contribution in [0.15, 0.2) is 46.5 Å². The van der Waals surface area contributed by atoms with Crippen molar-refractivity contribution in [1.29, 1.82) is 0 Å². The maximum Gasteiger partial charge on any atom is 0.327 e. The van der Waals surface area contributed by atoms with Gasteiger partial charge in [-0.2, -0.15) is 0 Å². The number of imidazole rings is 1. The van der Waals surface area contributed by atoms with Crippen LogP contribution in [0.5, 0.6) is 0 Å². The molecule has 0 atom stereocenters. The van der Waals surface area contributed by atoms with Gasteiger partial charge < -0.3 is 4.98 Å². The van der Waals surface area contributed by atoms with Gasteiger partial charge >= 0.3 is 5.69 Å². The fraction of sp³-hybridized carbons (Fsp3) is 0. The van der Waals surface area contributed by atoms with Gasteiger partial charge in [0.25, 0.3) is 5.56 Å². The summed E-state index contributed by atoms with van der Waals surface area (Å²) in [6.45, 7) is 0. The molecule has 17 heavy (non-hydrogen) atoms. The van der Waals surface area contributed by atoms with Crippen molar-refractivity contribution in [3.05, 3.63) is 57.8 Å². The SMILES string of the molecule is O=c1[nH]c(=O)c2[nH]cnc2[nH]1.c1ccncc1. The molecule has 0 aromatic carbocycles. The van der Waals surface area contributed by atoms with Gasteiger partial charge in [-0.1, -0.05) is 6.07 Å². The quantitative estimate of drug-likeness (QED) is 0.507. The monoisotopic (exact) mass is 231 g/mol. The molecule has 0 saturated carbocycles. The molecule has 3 rings (SSSR count). The Bertz CT molecular complexity index is 671. The molecule has 7 heteroatoms. The lowest BCUT2D eigenvalue weighted by atomic mass is 10.5. The Labute approximate surface area is 94.6 Å². The zero-order valence-electron chi connectivity index (χ0n) is 8.68. The number of hydrogen-bond donors (Lipinski definition) is 3. The zero-order chi connectivity index (χ0) is 12.1. The Morgan fingerprint density at radius 3 is 2.35 bits per heavy atom. The van der Waals surface area contributed by atoms with Crippen molar-refractivity contribution in [3.63, 3.8) is 0 Å². The number of nitrogens with one attached hydrogen (secondary N) is 3. The van der Waals surface area contributed by atoms with Crippen molar-refractivity contribution in [2.75, 3.05) is 0 Å². The van der Waals surface area contributed by atoms with Crippen LogP contribution in [0.25, 0.3) is 11.2 Å². The van der Waals surface area contributed by atoms with Gasteiger partial charge in [0.1, 0.15) is 5.52 Å². The molecule has 3 heterocycles. The summed E-state index contributed by atoms with van der Waals surface area (Å²) in [5, 5.41) is 0. The first-order valence-corrected chi connectivity index (χ1v) is 4.78. The van der Waals surface area contributed by atoms with Crippen LogP contribution >= 0.6 is 0 Å². The summed E-state index contributed by atoms with van der Waals surface area (Å²) in [7, 11) is 0. The van der Waals surface area contributed by atoms with Crippen LogP contribution in [0.2, 0.25) is 0 Å². The number of aromatic amines is 3. The van der Waals surface area contributed by atoms with Gasteiger partial charge in [-0.15, -0.1) is 0 Å². The number of aromatic nitrogens is 5. The van der Waals surface area contributed by atoms with Gasteiger partial charge in [0.15, 0.2) is 5.65 Å². The lowest BCUT2D eigenvalue weighted by molar-refractivity contribution is 1.07. The second kappa shape index (κ2) is 4.88. The highest BCUT2D eigenvalue weighted by molar-refractivity contribution is 5.67. The Kier molecular flexibility index (Phi) is 3.10. The van der Waals surface area contributed by atoms with E-state index in [1.807, 2.05) is 18.2 Å². The normalized spacial score (nSPS) is 9.65. The smallest absolute Gasteiger partial charge is 0.327 e. The Morgan fingerprint density at radius 2 is 1.76 bits per heavy atom. The third-order valence-corrected chi connectivity index (χ3v) is 1.89. The van der Waals surface area contributed by atoms with Crippen LogP contribution < -0.4 is 11.2 Å². The third-order valence-electron chi connectivity index (χ3n) is 1.89. The molecule has 7 nitrogen and oxygen atoms in total. The maximum atomic E-state index is 10.9. The average molecular weight is 231 g/mol. The van der Waals surface area contributed by atoms with Crippen molar-refractivity contribution in [2.24, 2.45) is 0 Å².